The van der Waals surface area contributed by atoms with E-state index in [4.69, 9.17) is 0 Å². The molecule has 2 aromatic carbocycles. The molecule has 1 heterocycles. The molecule has 0 saturated carbocycles. The number of hydrogen-bond acceptors (Lipinski definition) is 2. The molecular formula is C18H18BrN3O2. The normalized spacial score (nSPS) is 12.7. The Morgan fingerprint density at radius 1 is 1.17 bits per heavy atom. The molecule has 0 bridgehead atoms. The van der Waals surface area contributed by atoms with Crippen molar-refractivity contribution in [2.24, 2.45) is 0 Å². The average molecular weight is 388 g/mol. The van der Waals surface area contributed by atoms with Gasteiger partial charge in [-0.05, 0) is 47.9 Å². The average Bonchev–Trinajstić information content (AvgIpc) is 2.98. The van der Waals surface area contributed by atoms with Crippen molar-refractivity contribution in [3.05, 3.63) is 58.1 Å². The number of nitrogens with zero attached hydrogens (tertiary/aromatic N) is 1. The van der Waals surface area contributed by atoms with Gasteiger partial charge in [0.25, 0.3) is 0 Å². The third-order valence-corrected chi connectivity index (χ3v) is 4.50. The second kappa shape index (κ2) is 7.05. The first-order chi connectivity index (χ1) is 11.5. The first-order valence-electron chi connectivity index (χ1n) is 7.73. The van der Waals surface area contributed by atoms with Gasteiger partial charge in [-0.25, -0.2) is 4.79 Å². The molecule has 0 unspecified atom stereocenters. The SMILES string of the molecule is CC(=O)N1CCc2cc(CNC(=O)Nc3ccc(Br)cc3)ccc21. The predicted octanol–water partition coefficient (Wildman–Crippen LogP) is 3.68. The van der Waals surface area contributed by atoms with Crippen molar-refractivity contribution in [2.45, 2.75) is 19.9 Å². The number of amides is 3. The summed E-state index contributed by atoms with van der Waals surface area (Å²) in [6, 6.07) is 13.1. The van der Waals surface area contributed by atoms with Crippen molar-refractivity contribution in [3.8, 4) is 0 Å². The molecule has 6 heteroatoms. The summed E-state index contributed by atoms with van der Waals surface area (Å²) in [5, 5.41) is 5.63. The highest BCUT2D eigenvalue weighted by Crippen LogP contribution is 2.28. The third-order valence-electron chi connectivity index (χ3n) is 3.97. The Labute approximate surface area is 149 Å². The summed E-state index contributed by atoms with van der Waals surface area (Å²) in [6.07, 6.45) is 0.855. The smallest absolute Gasteiger partial charge is 0.319 e. The molecule has 0 spiro atoms. The zero-order valence-corrected chi connectivity index (χ0v) is 14.9. The Morgan fingerprint density at radius 3 is 2.62 bits per heavy atom. The minimum atomic E-state index is -0.247. The van der Waals surface area contributed by atoms with E-state index < -0.39 is 0 Å². The number of nitrogens with one attached hydrogen (secondary N) is 2. The van der Waals surface area contributed by atoms with Crippen LogP contribution in [0.25, 0.3) is 0 Å². The van der Waals surface area contributed by atoms with Crippen LogP contribution >= 0.6 is 15.9 Å². The maximum Gasteiger partial charge on any atom is 0.319 e. The highest BCUT2D eigenvalue weighted by molar-refractivity contribution is 9.10. The number of carbonyl (C=O) groups excluding carboxylic acids is 2. The molecule has 1 aliphatic heterocycles. The largest absolute Gasteiger partial charge is 0.334 e. The molecule has 0 aromatic heterocycles. The second-order valence-corrected chi connectivity index (χ2v) is 6.61. The van der Waals surface area contributed by atoms with E-state index in [0.29, 0.717) is 6.54 Å². The first kappa shape index (κ1) is 16.5. The van der Waals surface area contributed by atoms with Crippen molar-refractivity contribution in [1.82, 2.24) is 5.32 Å². The van der Waals surface area contributed by atoms with Gasteiger partial charge in [-0.3, -0.25) is 4.79 Å². The van der Waals surface area contributed by atoms with Gasteiger partial charge in [0, 0.05) is 35.9 Å². The minimum Gasteiger partial charge on any atom is -0.334 e. The number of halogens is 1. The van der Waals surface area contributed by atoms with Crippen LogP contribution in [0.4, 0.5) is 16.2 Å². The van der Waals surface area contributed by atoms with Gasteiger partial charge in [0.1, 0.15) is 0 Å². The van der Waals surface area contributed by atoms with E-state index in [1.54, 1.807) is 11.8 Å². The second-order valence-electron chi connectivity index (χ2n) is 5.70. The van der Waals surface area contributed by atoms with Gasteiger partial charge in [0.15, 0.2) is 0 Å². The molecule has 124 valence electrons. The van der Waals surface area contributed by atoms with E-state index in [1.165, 1.54) is 0 Å². The number of anilines is 2. The molecule has 1 aliphatic rings. The van der Waals surface area contributed by atoms with Crippen molar-refractivity contribution in [1.29, 1.82) is 0 Å². The standard InChI is InChI=1S/C18H18BrN3O2/c1-12(23)22-9-8-14-10-13(2-7-17(14)22)11-20-18(24)21-16-5-3-15(19)4-6-16/h2-7,10H,8-9,11H2,1H3,(H2,20,21,24). The van der Waals surface area contributed by atoms with Crippen LogP contribution in [0, 0.1) is 0 Å². The molecule has 0 aliphatic carbocycles. The van der Waals surface area contributed by atoms with Gasteiger partial charge >= 0.3 is 6.03 Å². The molecule has 2 N–H and O–H groups in total. The number of rotatable bonds is 3. The quantitative estimate of drug-likeness (QED) is 0.843. The number of fused-ring (bicyclic) bond motifs is 1. The summed E-state index contributed by atoms with van der Waals surface area (Å²) in [7, 11) is 0. The monoisotopic (exact) mass is 387 g/mol. The first-order valence-corrected chi connectivity index (χ1v) is 8.52. The molecule has 3 amide bonds. The van der Waals surface area contributed by atoms with E-state index in [-0.39, 0.29) is 11.9 Å². The zero-order valence-electron chi connectivity index (χ0n) is 13.3. The summed E-state index contributed by atoms with van der Waals surface area (Å²) in [4.78, 5) is 25.3. The fourth-order valence-corrected chi connectivity index (χ4v) is 3.05. The van der Waals surface area contributed by atoms with E-state index >= 15 is 0 Å². The highest BCUT2D eigenvalue weighted by atomic mass is 79.9. The lowest BCUT2D eigenvalue weighted by atomic mass is 10.1. The van der Waals surface area contributed by atoms with E-state index in [1.807, 2.05) is 36.4 Å². The molecule has 0 atom stereocenters. The topological polar surface area (TPSA) is 61.4 Å². The fraction of sp³-hybridized carbons (Fsp3) is 0.222. The lowest BCUT2D eigenvalue weighted by Crippen LogP contribution is -2.28. The van der Waals surface area contributed by atoms with Crippen LogP contribution in [0.15, 0.2) is 46.9 Å². The van der Waals surface area contributed by atoms with E-state index in [2.05, 4.69) is 32.6 Å². The van der Waals surface area contributed by atoms with Gasteiger partial charge < -0.3 is 15.5 Å². The van der Waals surface area contributed by atoms with E-state index in [0.717, 1.165) is 39.9 Å². The molecule has 24 heavy (non-hydrogen) atoms. The molecule has 2 aromatic rings. The molecule has 5 nitrogen and oxygen atoms in total. The van der Waals surface area contributed by atoms with Crippen LogP contribution in [-0.4, -0.2) is 18.5 Å². The lowest BCUT2D eigenvalue weighted by molar-refractivity contribution is -0.116. The van der Waals surface area contributed by atoms with Crippen molar-refractivity contribution < 1.29 is 9.59 Å². The minimum absolute atomic E-state index is 0.0634. The van der Waals surface area contributed by atoms with Crippen LogP contribution in [-0.2, 0) is 17.8 Å². The zero-order chi connectivity index (χ0) is 17.1. The maximum atomic E-state index is 12.0. The Bertz CT molecular complexity index is 774. The summed E-state index contributed by atoms with van der Waals surface area (Å²) in [5.74, 6) is 0.0634. The van der Waals surface area contributed by atoms with E-state index in [9.17, 15) is 9.59 Å². The van der Waals surface area contributed by atoms with Gasteiger partial charge in [-0.1, -0.05) is 28.1 Å². The van der Waals surface area contributed by atoms with Gasteiger partial charge in [-0.15, -0.1) is 0 Å². The Balaban J connectivity index is 1.58. The molecule has 3 rings (SSSR count). The Kier molecular flexibility index (Phi) is 4.85. The van der Waals surface area contributed by atoms with Crippen LogP contribution in [0.5, 0.6) is 0 Å². The molecule has 0 saturated heterocycles. The predicted molar refractivity (Wildman–Crippen MR) is 98.2 cm³/mol. The summed E-state index contributed by atoms with van der Waals surface area (Å²) in [6.45, 7) is 2.75. The summed E-state index contributed by atoms with van der Waals surface area (Å²) >= 11 is 3.36. The molecule has 0 fully saturated rings. The Morgan fingerprint density at radius 2 is 1.92 bits per heavy atom. The summed E-state index contributed by atoms with van der Waals surface area (Å²) in [5.41, 5.74) is 3.88. The molecule has 0 radical (unpaired) electrons. The van der Waals surface area contributed by atoms with Gasteiger partial charge in [0.2, 0.25) is 5.91 Å². The number of urea groups is 1. The van der Waals surface area contributed by atoms with Crippen LogP contribution in [0.3, 0.4) is 0 Å². The van der Waals surface area contributed by atoms with Crippen LogP contribution in [0.2, 0.25) is 0 Å². The molecular weight excluding hydrogens is 370 g/mol. The summed E-state index contributed by atoms with van der Waals surface area (Å²) < 4.78 is 0.964. The number of benzene rings is 2. The highest BCUT2D eigenvalue weighted by Gasteiger charge is 2.21. The van der Waals surface area contributed by atoms with Crippen LogP contribution < -0.4 is 15.5 Å². The third kappa shape index (κ3) is 3.76. The number of carbonyl (C=O) groups is 2. The fourth-order valence-electron chi connectivity index (χ4n) is 2.78. The Hall–Kier alpha value is -2.34. The van der Waals surface area contributed by atoms with Crippen molar-refractivity contribution in [2.75, 3.05) is 16.8 Å². The number of hydrogen-bond donors (Lipinski definition) is 2. The van der Waals surface area contributed by atoms with Gasteiger partial charge in [0.05, 0.1) is 0 Å². The lowest BCUT2D eigenvalue weighted by Gasteiger charge is -2.15. The van der Waals surface area contributed by atoms with Gasteiger partial charge in [-0.2, -0.15) is 0 Å². The maximum absolute atomic E-state index is 12.0. The van der Waals surface area contributed by atoms with Crippen LogP contribution in [0.1, 0.15) is 18.1 Å². The van der Waals surface area contributed by atoms with Crippen molar-refractivity contribution in [3.63, 3.8) is 0 Å². The van der Waals surface area contributed by atoms with Crippen molar-refractivity contribution >= 4 is 39.2 Å².